The van der Waals surface area contributed by atoms with Gasteiger partial charge in [-0.1, -0.05) is 0 Å². The molecule has 1 N–H and O–H groups in total. The molecule has 0 saturated carbocycles. The standard InChI is InChI=1S/C12H15BrN2O2/c1-8-7-9(4-6-17-8)15-12(16)10-3-2-5-14-11(10)13/h2-3,5,8-9H,4,6-7H2,1H3,(H,15,16). The molecule has 2 heterocycles. The Balaban J connectivity index is 1.99. The SMILES string of the molecule is CC1CC(NC(=O)c2cccnc2Br)CCO1. The van der Waals surface area contributed by atoms with Crippen LogP contribution in [0.25, 0.3) is 0 Å². The summed E-state index contributed by atoms with van der Waals surface area (Å²) in [6, 6.07) is 3.71. The van der Waals surface area contributed by atoms with E-state index in [-0.39, 0.29) is 18.1 Å². The summed E-state index contributed by atoms with van der Waals surface area (Å²) in [6.45, 7) is 2.73. The van der Waals surface area contributed by atoms with Crippen molar-refractivity contribution in [1.82, 2.24) is 10.3 Å². The lowest BCUT2D eigenvalue weighted by Gasteiger charge is -2.27. The molecule has 0 bridgehead atoms. The number of carbonyl (C=O) groups is 1. The van der Waals surface area contributed by atoms with Crippen LogP contribution in [-0.2, 0) is 4.74 Å². The predicted octanol–water partition coefficient (Wildman–Crippen LogP) is 2.14. The molecule has 0 spiro atoms. The lowest BCUT2D eigenvalue weighted by molar-refractivity contribution is 0.0136. The van der Waals surface area contributed by atoms with Gasteiger partial charge >= 0.3 is 0 Å². The first-order chi connectivity index (χ1) is 8.16. The van der Waals surface area contributed by atoms with Gasteiger partial charge in [-0.15, -0.1) is 0 Å². The highest BCUT2D eigenvalue weighted by molar-refractivity contribution is 9.10. The molecule has 92 valence electrons. The number of aromatic nitrogens is 1. The van der Waals surface area contributed by atoms with Gasteiger partial charge in [-0.3, -0.25) is 4.79 Å². The van der Waals surface area contributed by atoms with Crippen molar-refractivity contribution >= 4 is 21.8 Å². The highest BCUT2D eigenvalue weighted by atomic mass is 79.9. The molecule has 1 aliphatic heterocycles. The zero-order valence-corrected chi connectivity index (χ0v) is 11.2. The van der Waals surface area contributed by atoms with Crippen molar-refractivity contribution in [1.29, 1.82) is 0 Å². The summed E-state index contributed by atoms with van der Waals surface area (Å²) < 4.78 is 6.03. The smallest absolute Gasteiger partial charge is 0.254 e. The van der Waals surface area contributed by atoms with E-state index in [1.165, 1.54) is 0 Å². The Labute approximate surface area is 109 Å². The molecule has 2 rings (SSSR count). The fourth-order valence-electron chi connectivity index (χ4n) is 1.95. The first-order valence-electron chi connectivity index (χ1n) is 5.70. The normalized spacial score (nSPS) is 24.4. The van der Waals surface area contributed by atoms with Crippen LogP contribution < -0.4 is 5.32 Å². The molecule has 0 aromatic carbocycles. The van der Waals surface area contributed by atoms with Crippen molar-refractivity contribution in [2.24, 2.45) is 0 Å². The maximum absolute atomic E-state index is 12.0. The maximum atomic E-state index is 12.0. The third-order valence-corrected chi connectivity index (χ3v) is 3.46. The van der Waals surface area contributed by atoms with Gasteiger partial charge in [0.25, 0.3) is 5.91 Å². The molecular formula is C12H15BrN2O2. The molecule has 17 heavy (non-hydrogen) atoms. The minimum Gasteiger partial charge on any atom is -0.378 e. The summed E-state index contributed by atoms with van der Waals surface area (Å²) in [5.74, 6) is -0.0796. The number of amides is 1. The highest BCUT2D eigenvalue weighted by Crippen LogP contribution is 2.16. The van der Waals surface area contributed by atoms with Crippen LogP contribution in [-0.4, -0.2) is 29.6 Å². The third-order valence-electron chi connectivity index (χ3n) is 2.82. The fourth-order valence-corrected chi connectivity index (χ4v) is 2.38. The molecular weight excluding hydrogens is 284 g/mol. The lowest BCUT2D eigenvalue weighted by atomic mass is 10.0. The van der Waals surface area contributed by atoms with Crippen LogP contribution in [0, 0.1) is 0 Å². The summed E-state index contributed by atoms with van der Waals surface area (Å²) in [4.78, 5) is 16.1. The van der Waals surface area contributed by atoms with Gasteiger partial charge in [0.15, 0.2) is 0 Å². The van der Waals surface area contributed by atoms with Gasteiger partial charge in [0, 0.05) is 18.8 Å². The van der Waals surface area contributed by atoms with Crippen LogP contribution in [0.5, 0.6) is 0 Å². The van der Waals surface area contributed by atoms with E-state index >= 15 is 0 Å². The monoisotopic (exact) mass is 298 g/mol. The first-order valence-corrected chi connectivity index (χ1v) is 6.49. The minimum atomic E-state index is -0.0796. The number of pyridine rings is 1. The first kappa shape index (κ1) is 12.5. The summed E-state index contributed by atoms with van der Waals surface area (Å²) >= 11 is 3.28. The van der Waals surface area contributed by atoms with Gasteiger partial charge in [0.1, 0.15) is 4.60 Å². The Kier molecular flexibility index (Phi) is 4.12. The number of nitrogens with zero attached hydrogens (tertiary/aromatic N) is 1. The van der Waals surface area contributed by atoms with Gasteiger partial charge in [0.05, 0.1) is 11.7 Å². The second-order valence-corrected chi connectivity index (χ2v) is 4.97. The molecule has 0 radical (unpaired) electrons. The van der Waals surface area contributed by atoms with Gasteiger partial charge in [-0.25, -0.2) is 4.98 Å². The highest BCUT2D eigenvalue weighted by Gasteiger charge is 2.22. The van der Waals surface area contributed by atoms with E-state index in [2.05, 4.69) is 26.2 Å². The Morgan fingerprint density at radius 3 is 3.18 bits per heavy atom. The molecule has 1 aromatic rings. The van der Waals surface area contributed by atoms with E-state index in [1.54, 1.807) is 18.3 Å². The summed E-state index contributed by atoms with van der Waals surface area (Å²) in [7, 11) is 0. The topological polar surface area (TPSA) is 51.2 Å². The Bertz CT molecular complexity index is 411. The van der Waals surface area contributed by atoms with Crippen LogP contribution in [0.2, 0.25) is 0 Å². The van der Waals surface area contributed by atoms with Crippen molar-refractivity contribution in [2.75, 3.05) is 6.61 Å². The number of hydrogen-bond donors (Lipinski definition) is 1. The third kappa shape index (κ3) is 3.26. The molecule has 5 heteroatoms. The van der Waals surface area contributed by atoms with Gasteiger partial charge < -0.3 is 10.1 Å². The Hall–Kier alpha value is -0.940. The molecule has 2 unspecified atom stereocenters. The van der Waals surface area contributed by atoms with Gasteiger partial charge in [-0.05, 0) is 47.8 Å². The lowest BCUT2D eigenvalue weighted by Crippen LogP contribution is -2.41. The quantitative estimate of drug-likeness (QED) is 0.851. The van der Waals surface area contributed by atoms with Crippen molar-refractivity contribution in [3.05, 3.63) is 28.5 Å². The van der Waals surface area contributed by atoms with E-state index in [1.807, 2.05) is 6.92 Å². The predicted molar refractivity (Wildman–Crippen MR) is 67.8 cm³/mol. The Morgan fingerprint density at radius 2 is 2.47 bits per heavy atom. The molecule has 1 amide bonds. The van der Waals surface area contributed by atoms with Crippen molar-refractivity contribution in [2.45, 2.75) is 31.9 Å². The fraction of sp³-hybridized carbons (Fsp3) is 0.500. The van der Waals surface area contributed by atoms with Crippen LogP contribution in [0.3, 0.4) is 0 Å². The van der Waals surface area contributed by atoms with Crippen LogP contribution >= 0.6 is 15.9 Å². The van der Waals surface area contributed by atoms with E-state index in [0.717, 1.165) is 12.8 Å². The number of nitrogens with one attached hydrogen (secondary N) is 1. The largest absolute Gasteiger partial charge is 0.378 e. The number of rotatable bonds is 2. The second kappa shape index (κ2) is 5.60. The molecule has 1 aromatic heterocycles. The number of ether oxygens (including phenoxy) is 1. The zero-order valence-electron chi connectivity index (χ0n) is 9.65. The van der Waals surface area contributed by atoms with Crippen LogP contribution in [0.15, 0.2) is 22.9 Å². The number of carbonyl (C=O) groups excluding carboxylic acids is 1. The van der Waals surface area contributed by atoms with E-state index in [9.17, 15) is 4.79 Å². The average molecular weight is 299 g/mol. The average Bonchev–Trinajstić information content (AvgIpc) is 2.29. The van der Waals surface area contributed by atoms with E-state index in [0.29, 0.717) is 16.8 Å². The van der Waals surface area contributed by atoms with Gasteiger partial charge in [-0.2, -0.15) is 0 Å². The van der Waals surface area contributed by atoms with Crippen molar-refractivity contribution in [3.8, 4) is 0 Å². The summed E-state index contributed by atoms with van der Waals surface area (Å²) in [5, 5.41) is 3.02. The number of hydrogen-bond acceptors (Lipinski definition) is 3. The second-order valence-electron chi connectivity index (χ2n) is 4.22. The summed E-state index contributed by atoms with van der Waals surface area (Å²) in [5.41, 5.74) is 0.576. The molecule has 2 atom stereocenters. The van der Waals surface area contributed by atoms with Crippen molar-refractivity contribution < 1.29 is 9.53 Å². The van der Waals surface area contributed by atoms with E-state index < -0.39 is 0 Å². The van der Waals surface area contributed by atoms with Gasteiger partial charge in [0.2, 0.25) is 0 Å². The molecule has 4 nitrogen and oxygen atoms in total. The molecule has 0 aliphatic carbocycles. The molecule has 1 saturated heterocycles. The minimum absolute atomic E-state index is 0.0796. The van der Waals surface area contributed by atoms with Crippen molar-refractivity contribution in [3.63, 3.8) is 0 Å². The molecule has 1 fully saturated rings. The number of halogens is 1. The summed E-state index contributed by atoms with van der Waals surface area (Å²) in [6.07, 6.45) is 3.60. The van der Waals surface area contributed by atoms with Crippen LogP contribution in [0.4, 0.5) is 0 Å². The maximum Gasteiger partial charge on any atom is 0.254 e. The Morgan fingerprint density at radius 1 is 1.65 bits per heavy atom. The van der Waals surface area contributed by atoms with E-state index in [4.69, 9.17) is 4.74 Å². The molecule has 1 aliphatic rings. The van der Waals surface area contributed by atoms with Crippen LogP contribution in [0.1, 0.15) is 30.1 Å². The zero-order chi connectivity index (χ0) is 12.3.